The topological polar surface area (TPSA) is 58.2 Å². The highest BCUT2D eigenvalue weighted by molar-refractivity contribution is 6.03. The van der Waals surface area contributed by atoms with Crippen LogP contribution in [0.25, 0.3) is 0 Å². The summed E-state index contributed by atoms with van der Waals surface area (Å²) < 4.78 is 0. The number of nitrogens with one attached hydrogen (secondary N) is 2. The van der Waals surface area contributed by atoms with Gasteiger partial charge in [0.25, 0.3) is 0 Å². The average molecular weight is 336 g/mol. The monoisotopic (exact) mass is 336 g/mol. The highest BCUT2D eigenvalue weighted by Crippen LogP contribution is 2.40. The molecule has 0 radical (unpaired) electrons. The molecule has 0 aliphatic heterocycles. The van der Waals surface area contributed by atoms with E-state index >= 15 is 0 Å². The number of amides is 2. The molecule has 130 valence electrons. The Bertz CT molecular complexity index is 793. The van der Waals surface area contributed by atoms with Crippen LogP contribution in [-0.4, -0.2) is 11.8 Å². The fourth-order valence-electron chi connectivity index (χ4n) is 3.23. The molecule has 2 atom stereocenters. The van der Waals surface area contributed by atoms with E-state index in [9.17, 15) is 9.59 Å². The van der Waals surface area contributed by atoms with E-state index in [2.05, 4.69) is 23.6 Å². The van der Waals surface area contributed by atoms with Crippen LogP contribution >= 0.6 is 0 Å². The van der Waals surface area contributed by atoms with Gasteiger partial charge in [-0.05, 0) is 61.6 Å². The van der Waals surface area contributed by atoms with Crippen molar-refractivity contribution in [3.63, 3.8) is 0 Å². The third-order valence-corrected chi connectivity index (χ3v) is 4.61. The molecule has 1 saturated carbocycles. The molecular formula is C21H24N2O2. The number of benzene rings is 2. The third kappa shape index (κ3) is 4.08. The summed E-state index contributed by atoms with van der Waals surface area (Å²) in [6, 6.07) is 13.7. The minimum atomic E-state index is -0.241. The maximum absolute atomic E-state index is 12.4. The molecule has 25 heavy (non-hydrogen) atoms. The lowest BCUT2D eigenvalue weighted by molar-refractivity contribution is -0.122. The number of carbonyl (C=O) groups is 2. The zero-order chi connectivity index (χ0) is 18.0. The zero-order valence-corrected chi connectivity index (χ0v) is 14.9. The van der Waals surface area contributed by atoms with Crippen molar-refractivity contribution in [2.45, 2.75) is 33.6 Å². The molecule has 1 fully saturated rings. The number of para-hydroxylation sites is 1. The molecule has 0 bridgehead atoms. The van der Waals surface area contributed by atoms with Gasteiger partial charge in [0.2, 0.25) is 11.8 Å². The molecule has 0 heterocycles. The first kappa shape index (κ1) is 17.2. The first-order chi connectivity index (χ1) is 12.0. The Hall–Kier alpha value is -2.62. The molecule has 0 aromatic heterocycles. The van der Waals surface area contributed by atoms with Gasteiger partial charge in [-0.15, -0.1) is 0 Å². The van der Waals surface area contributed by atoms with Crippen molar-refractivity contribution in [2.75, 3.05) is 10.6 Å². The highest BCUT2D eigenvalue weighted by Gasteiger charge is 2.48. The van der Waals surface area contributed by atoms with Gasteiger partial charge in [-0.3, -0.25) is 9.59 Å². The van der Waals surface area contributed by atoms with Crippen molar-refractivity contribution in [3.05, 3.63) is 59.2 Å². The molecule has 2 aromatic carbocycles. The van der Waals surface area contributed by atoms with E-state index < -0.39 is 0 Å². The Morgan fingerprint density at radius 2 is 1.56 bits per heavy atom. The summed E-state index contributed by atoms with van der Waals surface area (Å²) in [5, 5.41) is 5.91. The lowest BCUT2D eigenvalue weighted by Crippen LogP contribution is -2.21. The number of rotatable bonds is 5. The Morgan fingerprint density at radius 1 is 0.960 bits per heavy atom. The Labute approximate surface area is 148 Å². The SMILES string of the molecule is CCc1ccccc1NC(=O)C1CC1C(=O)Nc1cc(C)cc(C)c1. The van der Waals surface area contributed by atoms with Crippen LogP contribution in [0.5, 0.6) is 0 Å². The predicted molar refractivity (Wildman–Crippen MR) is 101 cm³/mol. The second-order valence-corrected chi connectivity index (χ2v) is 6.81. The molecule has 1 aliphatic rings. The van der Waals surface area contributed by atoms with Gasteiger partial charge in [-0.1, -0.05) is 31.2 Å². The maximum Gasteiger partial charge on any atom is 0.228 e. The van der Waals surface area contributed by atoms with E-state index in [-0.39, 0.29) is 23.7 Å². The van der Waals surface area contributed by atoms with Gasteiger partial charge in [-0.25, -0.2) is 0 Å². The molecular weight excluding hydrogens is 312 g/mol. The van der Waals surface area contributed by atoms with Gasteiger partial charge in [0.15, 0.2) is 0 Å². The van der Waals surface area contributed by atoms with E-state index in [0.717, 1.165) is 34.5 Å². The van der Waals surface area contributed by atoms with Gasteiger partial charge in [-0.2, -0.15) is 0 Å². The number of hydrogen-bond donors (Lipinski definition) is 2. The maximum atomic E-state index is 12.4. The molecule has 0 saturated heterocycles. The van der Waals surface area contributed by atoms with Gasteiger partial charge >= 0.3 is 0 Å². The molecule has 2 amide bonds. The van der Waals surface area contributed by atoms with E-state index in [4.69, 9.17) is 0 Å². The summed E-state index contributed by atoms with van der Waals surface area (Å²) in [6.45, 7) is 6.06. The summed E-state index contributed by atoms with van der Waals surface area (Å²) in [5.74, 6) is -0.624. The largest absolute Gasteiger partial charge is 0.326 e. The molecule has 0 spiro atoms. The standard InChI is InChI=1S/C21H24N2O2/c1-4-15-7-5-6-8-19(15)23-21(25)18-12-17(18)20(24)22-16-10-13(2)9-14(3)11-16/h5-11,17-18H,4,12H2,1-3H3,(H,22,24)(H,23,25). The lowest BCUT2D eigenvalue weighted by atomic mass is 10.1. The fourth-order valence-corrected chi connectivity index (χ4v) is 3.23. The normalized spacial score (nSPS) is 18.5. The minimum absolute atomic E-state index is 0.0681. The molecule has 2 N–H and O–H groups in total. The molecule has 3 rings (SSSR count). The predicted octanol–water partition coefficient (Wildman–Crippen LogP) is 4.08. The number of carbonyl (C=O) groups excluding carboxylic acids is 2. The second kappa shape index (κ2) is 7.09. The van der Waals surface area contributed by atoms with Crippen LogP contribution in [0.15, 0.2) is 42.5 Å². The van der Waals surface area contributed by atoms with Gasteiger partial charge in [0.1, 0.15) is 0 Å². The summed E-state index contributed by atoms with van der Waals surface area (Å²) in [7, 11) is 0. The van der Waals surface area contributed by atoms with Crippen molar-refractivity contribution in [1.29, 1.82) is 0 Å². The summed E-state index contributed by atoms with van der Waals surface area (Å²) >= 11 is 0. The van der Waals surface area contributed by atoms with Crippen molar-refractivity contribution in [3.8, 4) is 0 Å². The molecule has 2 unspecified atom stereocenters. The average Bonchev–Trinajstić information content (AvgIpc) is 3.35. The summed E-state index contributed by atoms with van der Waals surface area (Å²) in [4.78, 5) is 24.8. The smallest absolute Gasteiger partial charge is 0.228 e. The van der Waals surface area contributed by atoms with Crippen molar-refractivity contribution < 1.29 is 9.59 Å². The Kier molecular flexibility index (Phi) is 4.88. The van der Waals surface area contributed by atoms with Crippen LogP contribution in [-0.2, 0) is 16.0 Å². The molecule has 4 heteroatoms. The zero-order valence-electron chi connectivity index (χ0n) is 14.9. The van der Waals surface area contributed by atoms with E-state index in [1.54, 1.807) is 0 Å². The second-order valence-electron chi connectivity index (χ2n) is 6.81. The van der Waals surface area contributed by atoms with E-state index in [1.807, 2.05) is 50.2 Å². The number of anilines is 2. The molecule has 4 nitrogen and oxygen atoms in total. The van der Waals surface area contributed by atoms with Crippen LogP contribution in [0, 0.1) is 25.7 Å². The van der Waals surface area contributed by atoms with E-state index in [1.165, 1.54) is 0 Å². The van der Waals surface area contributed by atoms with Crippen LogP contribution in [0.1, 0.15) is 30.0 Å². The third-order valence-electron chi connectivity index (χ3n) is 4.61. The Morgan fingerprint density at radius 3 is 2.20 bits per heavy atom. The molecule has 2 aromatic rings. The highest BCUT2D eigenvalue weighted by atomic mass is 16.2. The fraction of sp³-hybridized carbons (Fsp3) is 0.333. The lowest BCUT2D eigenvalue weighted by Gasteiger charge is -2.10. The van der Waals surface area contributed by atoms with Crippen LogP contribution in [0.2, 0.25) is 0 Å². The van der Waals surface area contributed by atoms with Crippen molar-refractivity contribution in [2.24, 2.45) is 11.8 Å². The van der Waals surface area contributed by atoms with Crippen LogP contribution in [0.3, 0.4) is 0 Å². The van der Waals surface area contributed by atoms with Gasteiger partial charge < -0.3 is 10.6 Å². The van der Waals surface area contributed by atoms with Crippen LogP contribution < -0.4 is 10.6 Å². The first-order valence-electron chi connectivity index (χ1n) is 8.76. The summed E-state index contributed by atoms with van der Waals surface area (Å²) in [5.41, 5.74) is 4.96. The summed E-state index contributed by atoms with van der Waals surface area (Å²) in [6.07, 6.45) is 1.47. The number of aryl methyl sites for hydroxylation is 3. The Balaban J connectivity index is 1.60. The van der Waals surface area contributed by atoms with Crippen molar-refractivity contribution >= 4 is 23.2 Å². The quantitative estimate of drug-likeness (QED) is 0.864. The van der Waals surface area contributed by atoms with Crippen molar-refractivity contribution in [1.82, 2.24) is 0 Å². The molecule has 1 aliphatic carbocycles. The van der Waals surface area contributed by atoms with Crippen LogP contribution in [0.4, 0.5) is 11.4 Å². The van der Waals surface area contributed by atoms with E-state index in [0.29, 0.717) is 6.42 Å². The van der Waals surface area contributed by atoms with Gasteiger partial charge in [0.05, 0.1) is 11.8 Å². The number of hydrogen-bond acceptors (Lipinski definition) is 2. The van der Waals surface area contributed by atoms with Gasteiger partial charge in [0, 0.05) is 11.4 Å². The minimum Gasteiger partial charge on any atom is -0.326 e. The first-order valence-corrected chi connectivity index (χ1v) is 8.76.